The highest BCUT2D eigenvalue weighted by Gasteiger charge is 2.18. The Morgan fingerprint density at radius 1 is 1.18 bits per heavy atom. The SMILES string of the molecule is CC[C@@H](C)n1c(=O)c2ccccc2n(CC(=O)Nc2cccc(C#N)c2)c1=O. The molecule has 0 unspecified atom stereocenters. The maximum Gasteiger partial charge on any atom is 0.332 e. The van der Waals surface area contributed by atoms with Gasteiger partial charge in [0.1, 0.15) is 6.54 Å². The summed E-state index contributed by atoms with van der Waals surface area (Å²) in [5.74, 6) is -0.420. The van der Waals surface area contributed by atoms with Crippen molar-refractivity contribution in [2.24, 2.45) is 0 Å². The summed E-state index contributed by atoms with van der Waals surface area (Å²) in [5.41, 5.74) is 0.438. The molecular formula is C21H20N4O3. The van der Waals surface area contributed by atoms with Crippen LogP contribution in [0.3, 0.4) is 0 Å². The fraction of sp³-hybridized carbons (Fsp3) is 0.238. The zero-order valence-electron chi connectivity index (χ0n) is 15.7. The molecule has 0 aliphatic heterocycles. The van der Waals surface area contributed by atoms with E-state index in [-0.39, 0.29) is 18.1 Å². The van der Waals surface area contributed by atoms with E-state index in [4.69, 9.17) is 5.26 Å². The lowest BCUT2D eigenvalue weighted by Gasteiger charge is -2.17. The smallest absolute Gasteiger partial charge is 0.324 e. The minimum Gasteiger partial charge on any atom is -0.324 e. The van der Waals surface area contributed by atoms with Crippen molar-refractivity contribution in [1.29, 1.82) is 5.26 Å². The predicted octanol–water partition coefficient (Wildman–Crippen LogP) is 2.64. The van der Waals surface area contributed by atoms with E-state index in [1.165, 1.54) is 9.13 Å². The summed E-state index contributed by atoms with van der Waals surface area (Å²) in [6.45, 7) is 3.45. The van der Waals surface area contributed by atoms with Crippen molar-refractivity contribution >= 4 is 22.5 Å². The van der Waals surface area contributed by atoms with Crippen LogP contribution in [0.1, 0.15) is 31.9 Å². The second kappa shape index (κ2) is 7.92. The Hall–Kier alpha value is -3.66. The number of hydrogen-bond acceptors (Lipinski definition) is 4. The van der Waals surface area contributed by atoms with Gasteiger partial charge in [0.05, 0.1) is 22.5 Å². The topological polar surface area (TPSA) is 96.9 Å². The number of para-hydroxylation sites is 1. The van der Waals surface area contributed by atoms with Gasteiger partial charge in [-0.1, -0.05) is 25.1 Å². The van der Waals surface area contributed by atoms with Crippen molar-refractivity contribution in [3.8, 4) is 6.07 Å². The molecule has 0 saturated heterocycles. The van der Waals surface area contributed by atoms with Gasteiger partial charge < -0.3 is 5.32 Å². The van der Waals surface area contributed by atoms with Gasteiger partial charge in [-0.15, -0.1) is 0 Å². The van der Waals surface area contributed by atoms with Gasteiger partial charge in [0, 0.05) is 11.7 Å². The summed E-state index contributed by atoms with van der Waals surface area (Å²) in [5, 5.41) is 12.1. The maximum atomic E-state index is 13.0. The number of nitriles is 1. The Morgan fingerprint density at radius 3 is 2.64 bits per heavy atom. The quantitative estimate of drug-likeness (QED) is 0.740. The highest BCUT2D eigenvalue weighted by atomic mass is 16.2. The summed E-state index contributed by atoms with van der Waals surface area (Å²) in [4.78, 5) is 38.3. The van der Waals surface area contributed by atoms with Crippen LogP contribution in [0.25, 0.3) is 10.9 Å². The molecule has 7 nitrogen and oxygen atoms in total. The number of nitrogens with one attached hydrogen (secondary N) is 1. The van der Waals surface area contributed by atoms with Gasteiger partial charge >= 0.3 is 5.69 Å². The van der Waals surface area contributed by atoms with Crippen molar-refractivity contribution in [3.63, 3.8) is 0 Å². The molecule has 1 N–H and O–H groups in total. The minimum absolute atomic E-state index is 0.243. The van der Waals surface area contributed by atoms with Crippen LogP contribution in [0.4, 0.5) is 5.69 Å². The Kier molecular flexibility index (Phi) is 5.41. The van der Waals surface area contributed by atoms with Crippen LogP contribution >= 0.6 is 0 Å². The Bertz CT molecular complexity index is 1200. The number of amides is 1. The van der Waals surface area contributed by atoms with Crippen molar-refractivity contribution in [3.05, 3.63) is 74.9 Å². The van der Waals surface area contributed by atoms with Crippen LogP contribution in [-0.4, -0.2) is 15.0 Å². The molecule has 0 aliphatic carbocycles. The summed E-state index contributed by atoms with van der Waals surface area (Å²) < 4.78 is 2.51. The first-order chi connectivity index (χ1) is 13.5. The van der Waals surface area contributed by atoms with Gasteiger partial charge in [0.15, 0.2) is 0 Å². The van der Waals surface area contributed by atoms with Gasteiger partial charge in [0.25, 0.3) is 5.56 Å². The van der Waals surface area contributed by atoms with Crippen LogP contribution in [0.15, 0.2) is 58.1 Å². The van der Waals surface area contributed by atoms with Crippen LogP contribution in [0.5, 0.6) is 0 Å². The first-order valence-electron chi connectivity index (χ1n) is 9.00. The number of carbonyl (C=O) groups excluding carboxylic acids is 1. The lowest BCUT2D eigenvalue weighted by Crippen LogP contribution is -2.43. The molecule has 2 aromatic carbocycles. The monoisotopic (exact) mass is 376 g/mol. The molecule has 0 aliphatic rings. The standard InChI is InChI=1S/C21H20N4O3/c1-3-14(2)25-20(27)17-9-4-5-10-18(17)24(21(25)28)13-19(26)23-16-8-6-7-15(11-16)12-22/h4-11,14H,3,13H2,1-2H3,(H,23,26)/t14-/m1/s1. The largest absolute Gasteiger partial charge is 0.332 e. The average Bonchev–Trinajstić information content (AvgIpc) is 2.71. The van der Waals surface area contributed by atoms with Crippen LogP contribution in [0, 0.1) is 11.3 Å². The molecule has 28 heavy (non-hydrogen) atoms. The number of anilines is 1. The van der Waals surface area contributed by atoms with E-state index < -0.39 is 11.6 Å². The van der Waals surface area contributed by atoms with Crippen molar-refractivity contribution in [2.45, 2.75) is 32.9 Å². The van der Waals surface area contributed by atoms with Gasteiger partial charge in [-0.05, 0) is 43.7 Å². The maximum absolute atomic E-state index is 13.0. The number of benzene rings is 2. The molecule has 1 heterocycles. The van der Waals surface area contributed by atoms with E-state index in [9.17, 15) is 14.4 Å². The van der Waals surface area contributed by atoms with Crippen molar-refractivity contribution in [1.82, 2.24) is 9.13 Å². The first-order valence-corrected chi connectivity index (χ1v) is 9.00. The normalized spacial score (nSPS) is 11.8. The van der Waals surface area contributed by atoms with Crippen LogP contribution < -0.4 is 16.6 Å². The van der Waals surface area contributed by atoms with E-state index in [1.807, 2.05) is 13.0 Å². The zero-order valence-corrected chi connectivity index (χ0v) is 15.7. The predicted molar refractivity (Wildman–Crippen MR) is 107 cm³/mol. The molecule has 142 valence electrons. The van der Waals surface area contributed by atoms with Gasteiger partial charge in [-0.2, -0.15) is 5.26 Å². The number of rotatable bonds is 5. The summed E-state index contributed by atoms with van der Waals surface area (Å²) in [7, 11) is 0. The molecular weight excluding hydrogens is 356 g/mol. The fourth-order valence-corrected chi connectivity index (χ4v) is 3.07. The molecule has 0 bridgehead atoms. The molecule has 1 atom stereocenters. The lowest BCUT2D eigenvalue weighted by molar-refractivity contribution is -0.116. The molecule has 0 spiro atoms. The minimum atomic E-state index is -0.515. The third kappa shape index (κ3) is 3.58. The highest BCUT2D eigenvalue weighted by molar-refractivity contribution is 5.91. The second-order valence-electron chi connectivity index (χ2n) is 6.56. The van der Waals surface area contributed by atoms with E-state index >= 15 is 0 Å². The molecule has 0 saturated carbocycles. The molecule has 0 fully saturated rings. The van der Waals surface area contributed by atoms with E-state index in [1.54, 1.807) is 55.5 Å². The molecule has 3 aromatic rings. The fourth-order valence-electron chi connectivity index (χ4n) is 3.07. The molecule has 7 heteroatoms. The molecule has 1 aromatic heterocycles. The van der Waals surface area contributed by atoms with Crippen LogP contribution in [-0.2, 0) is 11.3 Å². The third-order valence-corrected chi connectivity index (χ3v) is 4.69. The zero-order chi connectivity index (χ0) is 20.3. The Morgan fingerprint density at radius 2 is 1.93 bits per heavy atom. The molecule has 1 amide bonds. The number of fused-ring (bicyclic) bond motifs is 1. The van der Waals surface area contributed by atoms with E-state index in [0.29, 0.717) is 28.6 Å². The van der Waals surface area contributed by atoms with E-state index in [2.05, 4.69) is 5.32 Å². The molecule has 0 radical (unpaired) electrons. The van der Waals surface area contributed by atoms with Gasteiger partial charge in [-0.25, -0.2) is 4.79 Å². The van der Waals surface area contributed by atoms with Crippen molar-refractivity contribution < 1.29 is 4.79 Å². The van der Waals surface area contributed by atoms with E-state index in [0.717, 1.165) is 0 Å². The number of aromatic nitrogens is 2. The summed E-state index contributed by atoms with van der Waals surface area (Å²) in [6.07, 6.45) is 0.612. The number of carbonyl (C=O) groups is 1. The summed E-state index contributed by atoms with van der Waals surface area (Å²) >= 11 is 0. The average molecular weight is 376 g/mol. The molecule has 3 rings (SSSR count). The van der Waals surface area contributed by atoms with Crippen molar-refractivity contribution in [2.75, 3.05) is 5.32 Å². The Balaban J connectivity index is 2.05. The van der Waals surface area contributed by atoms with Crippen LogP contribution in [0.2, 0.25) is 0 Å². The first kappa shape index (κ1) is 19.1. The number of nitrogens with zero attached hydrogens (tertiary/aromatic N) is 3. The Labute approximate surface area is 161 Å². The van der Waals surface area contributed by atoms with Gasteiger partial charge in [-0.3, -0.25) is 18.7 Å². The number of hydrogen-bond donors (Lipinski definition) is 1. The highest BCUT2D eigenvalue weighted by Crippen LogP contribution is 2.13. The lowest BCUT2D eigenvalue weighted by atomic mass is 10.2. The second-order valence-corrected chi connectivity index (χ2v) is 6.56. The summed E-state index contributed by atoms with van der Waals surface area (Å²) in [6, 6.07) is 15.0. The van der Waals surface area contributed by atoms with Gasteiger partial charge in [0.2, 0.25) is 5.91 Å². The third-order valence-electron chi connectivity index (χ3n) is 4.69.